The van der Waals surface area contributed by atoms with E-state index in [-0.39, 0.29) is 23.4 Å². The molecule has 0 spiro atoms. The van der Waals surface area contributed by atoms with E-state index in [1.165, 1.54) is 6.07 Å². The first kappa shape index (κ1) is 16.4. The van der Waals surface area contributed by atoms with Crippen molar-refractivity contribution in [3.63, 3.8) is 0 Å². The number of furan rings is 1. The highest BCUT2D eigenvalue weighted by Gasteiger charge is 2.46. The maximum Gasteiger partial charge on any atom is 0.416 e. The Bertz CT molecular complexity index is 739. The number of anilines is 2. The molecule has 2 atom stereocenters. The molecule has 0 unspecified atom stereocenters. The number of benzene rings is 1. The summed E-state index contributed by atoms with van der Waals surface area (Å²) in [6, 6.07) is 6.88. The summed E-state index contributed by atoms with van der Waals surface area (Å²) in [5.74, 6) is 0.153. The van der Waals surface area contributed by atoms with E-state index in [0.29, 0.717) is 12.1 Å². The lowest BCUT2D eigenvalue weighted by atomic mass is 10.1. The van der Waals surface area contributed by atoms with Gasteiger partial charge in [0.1, 0.15) is 5.76 Å². The van der Waals surface area contributed by atoms with E-state index in [1.807, 2.05) is 0 Å². The van der Waals surface area contributed by atoms with Gasteiger partial charge in [-0.3, -0.25) is 4.79 Å². The molecule has 2 aromatic rings. The summed E-state index contributed by atoms with van der Waals surface area (Å²) < 4.78 is 44.0. The van der Waals surface area contributed by atoms with Gasteiger partial charge in [-0.15, -0.1) is 0 Å². The maximum atomic E-state index is 12.9. The second-order valence-corrected chi connectivity index (χ2v) is 6.08. The first-order valence-corrected chi connectivity index (χ1v) is 7.50. The highest BCUT2D eigenvalue weighted by Crippen LogP contribution is 2.48. The number of nitrogens with zero attached hydrogens (tertiary/aromatic N) is 1. The van der Waals surface area contributed by atoms with E-state index in [2.05, 4.69) is 5.32 Å². The van der Waals surface area contributed by atoms with Crippen LogP contribution in [-0.4, -0.2) is 20.0 Å². The van der Waals surface area contributed by atoms with E-state index in [0.717, 1.165) is 17.9 Å². The number of rotatable bonds is 4. The Morgan fingerprint density at radius 3 is 2.62 bits per heavy atom. The molecule has 1 aliphatic carbocycles. The van der Waals surface area contributed by atoms with Gasteiger partial charge in [0, 0.05) is 25.9 Å². The van der Waals surface area contributed by atoms with Crippen LogP contribution in [0.5, 0.6) is 0 Å². The quantitative estimate of drug-likeness (QED) is 0.913. The molecule has 0 bridgehead atoms. The van der Waals surface area contributed by atoms with Crippen LogP contribution in [0.3, 0.4) is 0 Å². The molecule has 1 amide bonds. The molecule has 4 nitrogen and oxygen atoms in total. The number of nitrogens with one attached hydrogen (secondary N) is 1. The van der Waals surface area contributed by atoms with Crippen molar-refractivity contribution in [2.45, 2.75) is 18.5 Å². The van der Waals surface area contributed by atoms with Crippen molar-refractivity contribution in [2.75, 3.05) is 24.3 Å². The molecule has 1 aromatic carbocycles. The molecule has 7 heteroatoms. The van der Waals surface area contributed by atoms with Crippen molar-refractivity contribution in [3.8, 4) is 0 Å². The van der Waals surface area contributed by atoms with Gasteiger partial charge in [-0.1, -0.05) is 0 Å². The maximum absolute atomic E-state index is 12.9. The molecule has 1 aliphatic rings. The number of carbonyl (C=O) groups excluding carboxylic acids is 1. The minimum absolute atomic E-state index is 0.00592. The highest BCUT2D eigenvalue weighted by atomic mass is 19.4. The van der Waals surface area contributed by atoms with Crippen molar-refractivity contribution in [2.24, 2.45) is 5.92 Å². The predicted octanol–water partition coefficient (Wildman–Crippen LogP) is 4.11. The largest absolute Gasteiger partial charge is 0.469 e. The van der Waals surface area contributed by atoms with Crippen molar-refractivity contribution in [1.29, 1.82) is 0 Å². The fraction of sp³-hybridized carbons (Fsp3) is 0.353. The molecule has 0 saturated heterocycles. The predicted molar refractivity (Wildman–Crippen MR) is 84.0 cm³/mol. The zero-order valence-electron chi connectivity index (χ0n) is 13.2. The van der Waals surface area contributed by atoms with Crippen molar-refractivity contribution >= 4 is 17.3 Å². The third-order valence-electron chi connectivity index (χ3n) is 4.10. The molecule has 1 heterocycles. The van der Waals surface area contributed by atoms with Crippen LogP contribution in [0.25, 0.3) is 0 Å². The third kappa shape index (κ3) is 3.25. The number of amides is 1. The summed E-state index contributed by atoms with van der Waals surface area (Å²) >= 11 is 0. The monoisotopic (exact) mass is 338 g/mol. The molecule has 1 N–H and O–H groups in total. The zero-order valence-corrected chi connectivity index (χ0v) is 13.2. The summed E-state index contributed by atoms with van der Waals surface area (Å²) in [6.45, 7) is 0. The first-order chi connectivity index (χ1) is 11.3. The van der Waals surface area contributed by atoms with Crippen molar-refractivity contribution < 1.29 is 22.4 Å². The second-order valence-electron chi connectivity index (χ2n) is 6.08. The molecule has 1 saturated carbocycles. The molecular formula is C17H17F3N2O2. The van der Waals surface area contributed by atoms with Crippen LogP contribution < -0.4 is 10.2 Å². The lowest BCUT2D eigenvalue weighted by Gasteiger charge is -2.20. The van der Waals surface area contributed by atoms with Gasteiger partial charge in [0.15, 0.2) is 0 Å². The van der Waals surface area contributed by atoms with E-state index in [4.69, 9.17) is 4.42 Å². The summed E-state index contributed by atoms with van der Waals surface area (Å²) in [5, 5.41) is 2.64. The van der Waals surface area contributed by atoms with Crippen molar-refractivity contribution in [1.82, 2.24) is 0 Å². The molecule has 0 radical (unpaired) electrons. The highest BCUT2D eigenvalue weighted by molar-refractivity contribution is 5.98. The van der Waals surface area contributed by atoms with Crippen LogP contribution in [0, 0.1) is 5.92 Å². The van der Waals surface area contributed by atoms with Gasteiger partial charge < -0.3 is 14.6 Å². The molecule has 128 valence electrons. The zero-order chi connectivity index (χ0) is 17.5. The van der Waals surface area contributed by atoms with Gasteiger partial charge in [-0.05, 0) is 36.8 Å². The Labute approximate surface area is 137 Å². The molecule has 1 aromatic heterocycles. The SMILES string of the molecule is CN(C)c1ccc(C(F)(F)F)cc1NC(=O)[C@H]1C[C@@H]1c1ccco1. The fourth-order valence-electron chi connectivity index (χ4n) is 2.73. The molecule has 24 heavy (non-hydrogen) atoms. The van der Waals surface area contributed by atoms with Crippen LogP contribution in [-0.2, 0) is 11.0 Å². The van der Waals surface area contributed by atoms with Crippen LogP contribution in [0.4, 0.5) is 24.5 Å². The molecule has 1 fully saturated rings. The van der Waals surface area contributed by atoms with Crippen LogP contribution >= 0.6 is 0 Å². The Kier molecular flexibility index (Phi) is 4.03. The number of alkyl halides is 3. The topological polar surface area (TPSA) is 45.5 Å². The van der Waals surface area contributed by atoms with Crippen LogP contribution in [0.15, 0.2) is 41.0 Å². The summed E-state index contributed by atoms with van der Waals surface area (Å²) in [4.78, 5) is 14.0. The average Bonchev–Trinajstić information content (AvgIpc) is 3.12. The van der Waals surface area contributed by atoms with Crippen LogP contribution in [0.2, 0.25) is 0 Å². The number of halogens is 3. The molecular weight excluding hydrogens is 321 g/mol. The van der Waals surface area contributed by atoms with Gasteiger partial charge in [-0.2, -0.15) is 13.2 Å². The number of hydrogen-bond acceptors (Lipinski definition) is 3. The Balaban J connectivity index is 1.79. The first-order valence-electron chi connectivity index (χ1n) is 7.50. The van der Waals surface area contributed by atoms with E-state index >= 15 is 0 Å². The normalized spacial score (nSPS) is 19.9. The molecule has 0 aliphatic heterocycles. The van der Waals surface area contributed by atoms with Crippen LogP contribution in [0.1, 0.15) is 23.7 Å². The van der Waals surface area contributed by atoms with Gasteiger partial charge in [-0.25, -0.2) is 0 Å². The van der Waals surface area contributed by atoms with Crippen molar-refractivity contribution in [3.05, 3.63) is 47.9 Å². The minimum atomic E-state index is -4.46. The number of hydrogen-bond donors (Lipinski definition) is 1. The van der Waals surface area contributed by atoms with E-state index in [1.54, 1.807) is 37.4 Å². The van der Waals surface area contributed by atoms with Gasteiger partial charge in [0.2, 0.25) is 5.91 Å². The second kappa shape index (κ2) is 5.89. The summed E-state index contributed by atoms with van der Waals surface area (Å²) in [7, 11) is 3.42. The van der Waals surface area contributed by atoms with E-state index < -0.39 is 11.7 Å². The average molecular weight is 338 g/mol. The lowest BCUT2D eigenvalue weighted by Crippen LogP contribution is -2.19. The van der Waals surface area contributed by atoms with E-state index in [9.17, 15) is 18.0 Å². The smallest absolute Gasteiger partial charge is 0.416 e. The lowest BCUT2D eigenvalue weighted by molar-refractivity contribution is -0.137. The Morgan fingerprint density at radius 2 is 2.04 bits per heavy atom. The Morgan fingerprint density at radius 1 is 1.29 bits per heavy atom. The fourth-order valence-corrected chi connectivity index (χ4v) is 2.73. The van der Waals surface area contributed by atoms with Gasteiger partial charge in [0.05, 0.1) is 23.2 Å². The summed E-state index contributed by atoms with van der Waals surface area (Å²) in [5.41, 5.74) is -0.113. The van der Waals surface area contributed by atoms with Gasteiger partial charge in [0.25, 0.3) is 0 Å². The van der Waals surface area contributed by atoms with Gasteiger partial charge >= 0.3 is 6.18 Å². The Hall–Kier alpha value is -2.44. The standard InChI is InChI=1S/C17H17F3N2O2/c1-22(2)14-6-5-10(17(18,19)20)8-13(14)21-16(23)12-9-11(12)15-4-3-7-24-15/h3-8,11-12H,9H2,1-2H3,(H,21,23)/t11-,12-/m0/s1. The minimum Gasteiger partial charge on any atom is -0.469 e. The summed E-state index contributed by atoms with van der Waals surface area (Å²) in [6.07, 6.45) is -2.28. The number of carbonyl (C=O) groups is 1. The third-order valence-corrected chi connectivity index (χ3v) is 4.10. The molecule has 3 rings (SSSR count).